The molecule has 0 aromatic heterocycles. The van der Waals surface area contributed by atoms with Gasteiger partial charge in [0.2, 0.25) is 0 Å². The fourth-order valence-corrected chi connectivity index (χ4v) is 2.41. The van der Waals surface area contributed by atoms with Crippen molar-refractivity contribution in [1.29, 1.82) is 0 Å². The second kappa shape index (κ2) is 7.43. The van der Waals surface area contributed by atoms with Crippen LogP contribution in [0.5, 0.6) is 0 Å². The molecule has 1 aromatic rings. The van der Waals surface area contributed by atoms with E-state index < -0.39 is 17.9 Å². The standard InChI is InChI=1S/C18H26O4/c1-5-6-7-13(16(19)20)8-12-9-14(17(21)22)11-15(10-12)18(2,3)4/h9-11,13H,5-8H2,1-4H3,(H,19,20)(H,21,22). The maximum absolute atomic E-state index is 11.4. The van der Waals surface area contributed by atoms with Crippen LogP contribution in [0.4, 0.5) is 0 Å². The van der Waals surface area contributed by atoms with Gasteiger partial charge in [-0.15, -0.1) is 0 Å². The van der Waals surface area contributed by atoms with E-state index >= 15 is 0 Å². The Kier molecular flexibility index (Phi) is 6.15. The Morgan fingerprint density at radius 3 is 2.23 bits per heavy atom. The maximum Gasteiger partial charge on any atom is 0.335 e. The van der Waals surface area contributed by atoms with Crippen molar-refractivity contribution in [2.24, 2.45) is 5.92 Å². The first-order valence-electron chi connectivity index (χ1n) is 7.75. The van der Waals surface area contributed by atoms with Gasteiger partial charge >= 0.3 is 11.9 Å². The summed E-state index contributed by atoms with van der Waals surface area (Å²) < 4.78 is 0. The molecule has 0 saturated heterocycles. The van der Waals surface area contributed by atoms with E-state index in [1.54, 1.807) is 12.1 Å². The molecule has 0 bridgehead atoms. The van der Waals surface area contributed by atoms with E-state index in [2.05, 4.69) is 0 Å². The number of rotatable bonds is 7. The largest absolute Gasteiger partial charge is 0.481 e. The van der Waals surface area contributed by atoms with Gasteiger partial charge in [-0.2, -0.15) is 0 Å². The normalized spacial score (nSPS) is 12.9. The van der Waals surface area contributed by atoms with E-state index in [4.69, 9.17) is 0 Å². The monoisotopic (exact) mass is 306 g/mol. The number of aliphatic carboxylic acids is 1. The molecule has 1 atom stereocenters. The predicted molar refractivity (Wildman–Crippen MR) is 86.5 cm³/mol. The number of unbranched alkanes of at least 4 members (excludes halogenated alkanes) is 1. The Morgan fingerprint density at radius 2 is 1.77 bits per heavy atom. The van der Waals surface area contributed by atoms with Crippen molar-refractivity contribution in [2.75, 3.05) is 0 Å². The van der Waals surface area contributed by atoms with Crippen LogP contribution in [0.1, 0.15) is 68.4 Å². The summed E-state index contributed by atoms with van der Waals surface area (Å²) in [6.45, 7) is 8.08. The van der Waals surface area contributed by atoms with Gasteiger partial charge in [-0.05, 0) is 41.5 Å². The minimum absolute atomic E-state index is 0.178. The van der Waals surface area contributed by atoms with Gasteiger partial charge < -0.3 is 10.2 Å². The van der Waals surface area contributed by atoms with Crippen LogP contribution in [0.25, 0.3) is 0 Å². The Morgan fingerprint density at radius 1 is 1.14 bits per heavy atom. The van der Waals surface area contributed by atoms with Crippen molar-refractivity contribution in [3.63, 3.8) is 0 Å². The SMILES string of the molecule is CCCCC(Cc1cc(C(=O)O)cc(C(C)(C)C)c1)C(=O)O. The van der Waals surface area contributed by atoms with Gasteiger partial charge in [0.15, 0.2) is 0 Å². The topological polar surface area (TPSA) is 74.6 Å². The number of benzene rings is 1. The Hall–Kier alpha value is -1.84. The van der Waals surface area contributed by atoms with Gasteiger partial charge in [0.1, 0.15) is 0 Å². The quantitative estimate of drug-likeness (QED) is 0.794. The lowest BCUT2D eigenvalue weighted by atomic mass is 9.83. The fourth-order valence-electron chi connectivity index (χ4n) is 2.41. The average molecular weight is 306 g/mol. The molecule has 0 heterocycles. The molecule has 122 valence electrons. The molecule has 0 amide bonds. The van der Waals surface area contributed by atoms with Gasteiger partial charge in [0.05, 0.1) is 11.5 Å². The molecule has 4 nitrogen and oxygen atoms in total. The van der Waals surface area contributed by atoms with Crippen molar-refractivity contribution in [2.45, 2.75) is 58.8 Å². The van der Waals surface area contributed by atoms with E-state index in [-0.39, 0.29) is 11.0 Å². The molecule has 2 N–H and O–H groups in total. The summed E-state index contributed by atoms with van der Waals surface area (Å²) in [5, 5.41) is 18.6. The van der Waals surface area contributed by atoms with E-state index in [0.717, 1.165) is 24.0 Å². The fraction of sp³-hybridized carbons (Fsp3) is 0.556. The summed E-state index contributed by atoms with van der Waals surface area (Å²) >= 11 is 0. The lowest BCUT2D eigenvalue weighted by molar-refractivity contribution is -0.142. The van der Waals surface area contributed by atoms with E-state index in [0.29, 0.717) is 12.8 Å². The van der Waals surface area contributed by atoms with Crippen LogP contribution in [-0.4, -0.2) is 22.2 Å². The highest BCUT2D eigenvalue weighted by molar-refractivity contribution is 5.88. The minimum atomic E-state index is -0.979. The summed E-state index contributed by atoms with van der Waals surface area (Å²) in [6, 6.07) is 5.21. The molecule has 0 aliphatic carbocycles. The first kappa shape index (κ1) is 18.2. The highest BCUT2D eigenvalue weighted by atomic mass is 16.4. The molecule has 1 rings (SSSR count). The van der Waals surface area contributed by atoms with Gasteiger partial charge in [-0.25, -0.2) is 4.79 Å². The molecule has 0 aliphatic rings. The van der Waals surface area contributed by atoms with Gasteiger partial charge in [0, 0.05) is 0 Å². The van der Waals surface area contributed by atoms with E-state index in [9.17, 15) is 19.8 Å². The number of aromatic carboxylic acids is 1. The Labute approximate surface area is 132 Å². The number of carboxylic acid groups (broad SMARTS) is 2. The highest BCUT2D eigenvalue weighted by Gasteiger charge is 2.21. The van der Waals surface area contributed by atoms with Crippen LogP contribution in [0, 0.1) is 5.92 Å². The highest BCUT2D eigenvalue weighted by Crippen LogP contribution is 2.26. The molecule has 1 aromatic carbocycles. The summed E-state index contributed by atoms with van der Waals surface area (Å²) in [5.41, 5.74) is 1.75. The van der Waals surface area contributed by atoms with Crippen molar-refractivity contribution < 1.29 is 19.8 Å². The van der Waals surface area contributed by atoms with Crippen LogP contribution in [0.2, 0.25) is 0 Å². The third-order valence-electron chi connectivity index (χ3n) is 3.84. The van der Waals surface area contributed by atoms with Crippen molar-refractivity contribution >= 4 is 11.9 Å². The average Bonchev–Trinajstić information content (AvgIpc) is 2.41. The smallest absolute Gasteiger partial charge is 0.335 e. The third-order valence-corrected chi connectivity index (χ3v) is 3.84. The Balaban J connectivity index is 3.14. The lowest BCUT2D eigenvalue weighted by Crippen LogP contribution is -2.18. The second-order valence-electron chi connectivity index (χ2n) is 6.86. The van der Waals surface area contributed by atoms with E-state index in [1.807, 2.05) is 33.8 Å². The third kappa shape index (κ3) is 5.17. The molecule has 4 heteroatoms. The summed E-state index contributed by atoms with van der Waals surface area (Å²) in [6.07, 6.45) is 2.81. The van der Waals surface area contributed by atoms with Gasteiger partial charge in [-0.3, -0.25) is 4.79 Å². The number of hydrogen-bond acceptors (Lipinski definition) is 2. The van der Waals surface area contributed by atoms with Crippen LogP contribution in [0.15, 0.2) is 18.2 Å². The number of hydrogen-bond donors (Lipinski definition) is 2. The first-order chi connectivity index (χ1) is 10.1. The molecule has 0 aliphatic heterocycles. The van der Waals surface area contributed by atoms with Gasteiger partial charge in [-0.1, -0.05) is 46.6 Å². The number of carbonyl (C=O) groups is 2. The van der Waals surface area contributed by atoms with Crippen LogP contribution >= 0.6 is 0 Å². The van der Waals surface area contributed by atoms with Crippen LogP contribution in [0.3, 0.4) is 0 Å². The molecule has 0 saturated carbocycles. The van der Waals surface area contributed by atoms with Crippen molar-refractivity contribution in [3.05, 3.63) is 34.9 Å². The molecular weight excluding hydrogens is 280 g/mol. The molecule has 0 radical (unpaired) electrons. The minimum Gasteiger partial charge on any atom is -0.481 e. The molecular formula is C18H26O4. The van der Waals surface area contributed by atoms with Crippen LogP contribution in [-0.2, 0) is 16.6 Å². The molecule has 1 unspecified atom stereocenters. The zero-order chi connectivity index (χ0) is 16.9. The predicted octanol–water partition coefficient (Wildman–Crippen LogP) is 4.12. The van der Waals surface area contributed by atoms with Crippen LogP contribution < -0.4 is 0 Å². The number of carboxylic acids is 2. The zero-order valence-corrected chi connectivity index (χ0v) is 13.8. The Bertz CT molecular complexity index is 541. The van der Waals surface area contributed by atoms with Crippen molar-refractivity contribution in [1.82, 2.24) is 0 Å². The summed E-state index contributed by atoms with van der Waals surface area (Å²) in [4.78, 5) is 22.7. The molecule has 22 heavy (non-hydrogen) atoms. The summed E-state index contributed by atoms with van der Waals surface area (Å²) in [7, 11) is 0. The molecule has 0 spiro atoms. The van der Waals surface area contributed by atoms with Crippen molar-refractivity contribution in [3.8, 4) is 0 Å². The summed E-state index contributed by atoms with van der Waals surface area (Å²) in [5.74, 6) is -2.25. The zero-order valence-electron chi connectivity index (χ0n) is 13.8. The maximum atomic E-state index is 11.4. The van der Waals surface area contributed by atoms with Gasteiger partial charge in [0.25, 0.3) is 0 Å². The lowest BCUT2D eigenvalue weighted by Gasteiger charge is -2.21. The second-order valence-corrected chi connectivity index (χ2v) is 6.86. The first-order valence-corrected chi connectivity index (χ1v) is 7.75. The molecule has 0 fully saturated rings. The van der Waals surface area contributed by atoms with E-state index in [1.165, 1.54) is 0 Å².